The molecule has 0 unspecified atom stereocenters. The van der Waals surface area contributed by atoms with Gasteiger partial charge < -0.3 is 15.0 Å². The van der Waals surface area contributed by atoms with Crippen LogP contribution in [0.3, 0.4) is 0 Å². The molecule has 0 fully saturated rings. The van der Waals surface area contributed by atoms with Crippen LogP contribution in [0.15, 0.2) is 0 Å². The number of amides is 2. The van der Waals surface area contributed by atoms with Gasteiger partial charge in [-0.3, -0.25) is 9.59 Å². The summed E-state index contributed by atoms with van der Waals surface area (Å²) in [6, 6.07) is 0. The molecule has 0 aliphatic heterocycles. The van der Waals surface area contributed by atoms with Crippen molar-refractivity contribution in [2.24, 2.45) is 0 Å². The Morgan fingerprint density at radius 1 is 0.969 bits per heavy atom. The lowest BCUT2D eigenvalue weighted by atomic mass is 10.0. The third kappa shape index (κ3) is 4.49. The number of hydrogen-bond acceptors (Lipinski definition) is 5. The number of hydrogen-bond donors (Lipinski definition) is 1. The highest BCUT2D eigenvalue weighted by Gasteiger charge is 2.83. The predicted molar refractivity (Wildman–Crippen MR) is 92.6 cm³/mol. The third-order valence-corrected chi connectivity index (χ3v) is 5.08. The number of nitrogens with zero attached hydrogens (tertiary/aromatic N) is 1. The van der Waals surface area contributed by atoms with Crippen molar-refractivity contribution < 1.29 is 58.6 Å². The fraction of sp³-hybridized carbons (Fsp3) is 0.562. The van der Waals surface area contributed by atoms with Gasteiger partial charge in [0.2, 0.25) is 0 Å². The Morgan fingerprint density at radius 3 is 1.88 bits per heavy atom. The average molecular weight is 502 g/mol. The van der Waals surface area contributed by atoms with Crippen LogP contribution in [0.4, 0.5) is 44.5 Å². The van der Waals surface area contributed by atoms with Crippen LogP contribution in [0.1, 0.15) is 32.5 Å². The van der Waals surface area contributed by atoms with E-state index in [0.29, 0.717) is 0 Å². The highest BCUT2D eigenvalue weighted by molar-refractivity contribution is 7.18. The number of esters is 1. The van der Waals surface area contributed by atoms with Crippen LogP contribution in [0, 0.1) is 6.92 Å². The SMILES string of the molecule is CCOC(=O)c1c(NC(=O)C(F)(F)C(F)(F)C(F)(F)C(F)(F)F)sc(C(=O)N(C)C)c1C. The number of alkyl halides is 9. The summed E-state index contributed by atoms with van der Waals surface area (Å²) in [6.07, 6.45) is -7.11. The zero-order valence-electron chi connectivity index (χ0n) is 16.6. The highest BCUT2D eigenvalue weighted by atomic mass is 32.1. The van der Waals surface area contributed by atoms with Crippen molar-refractivity contribution in [3.05, 3.63) is 16.0 Å². The van der Waals surface area contributed by atoms with Gasteiger partial charge in [0.05, 0.1) is 17.0 Å². The van der Waals surface area contributed by atoms with Gasteiger partial charge >= 0.3 is 35.8 Å². The maximum Gasteiger partial charge on any atom is 0.460 e. The van der Waals surface area contributed by atoms with Crippen LogP contribution in [0.25, 0.3) is 0 Å². The first-order chi connectivity index (χ1) is 14.3. The normalized spacial score (nSPS) is 13.0. The summed E-state index contributed by atoms with van der Waals surface area (Å²) < 4.78 is 122. The summed E-state index contributed by atoms with van der Waals surface area (Å²) in [5, 5.41) is 0.0678. The number of anilines is 1. The van der Waals surface area contributed by atoms with E-state index in [4.69, 9.17) is 0 Å². The van der Waals surface area contributed by atoms with Crippen LogP contribution in [0.2, 0.25) is 0 Å². The van der Waals surface area contributed by atoms with E-state index in [1.54, 1.807) is 0 Å². The number of halogens is 9. The topological polar surface area (TPSA) is 75.7 Å². The Hall–Kier alpha value is -2.52. The second-order valence-corrected chi connectivity index (χ2v) is 7.38. The van der Waals surface area contributed by atoms with Crippen molar-refractivity contribution in [3.63, 3.8) is 0 Å². The van der Waals surface area contributed by atoms with Gasteiger partial charge in [0.1, 0.15) is 5.00 Å². The van der Waals surface area contributed by atoms with Gasteiger partial charge in [-0.25, -0.2) is 4.79 Å². The monoisotopic (exact) mass is 502 g/mol. The molecule has 1 heterocycles. The molecule has 182 valence electrons. The number of carbonyl (C=O) groups excluding carboxylic acids is 3. The average Bonchev–Trinajstić information content (AvgIpc) is 2.95. The fourth-order valence-electron chi connectivity index (χ4n) is 2.16. The largest absolute Gasteiger partial charge is 0.462 e. The summed E-state index contributed by atoms with van der Waals surface area (Å²) in [5.41, 5.74) is -0.977. The van der Waals surface area contributed by atoms with Gasteiger partial charge in [0, 0.05) is 14.1 Å². The molecule has 0 bridgehead atoms. The molecule has 1 rings (SSSR count). The van der Waals surface area contributed by atoms with E-state index in [-0.39, 0.29) is 28.4 Å². The minimum absolute atomic E-state index is 0.133. The number of ether oxygens (including phenoxy) is 1. The number of nitrogens with one attached hydrogen (secondary N) is 1. The first-order valence-electron chi connectivity index (χ1n) is 8.29. The Bertz CT molecular complexity index is 910. The molecule has 6 nitrogen and oxygen atoms in total. The lowest BCUT2D eigenvalue weighted by Gasteiger charge is -2.32. The molecule has 0 saturated carbocycles. The molecule has 1 N–H and O–H groups in total. The smallest absolute Gasteiger partial charge is 0.460 e. The van der Waals surface area contributed by atoms with Gasteiger partial charge in [-0.2, -0.15) is 39.5 Å². The second-order valence-electron chi connectivity index (χ2n) is 6.36. The molecule has 16 heteroatoms. The first-order valence-corrected chi connectivity index (χ1v) is 9.11. The van der Waals surface area contributed by atoms with Crippen LogP contribution in [-0.4, -0.2) is 67.3 Å². The quantitative estimate of drug-likeness (QED) is 0.445. The van der Waals surface area contributed by atoms with Crippen molar-refractivity contribution >= 4 is 34.1 Å². The number of rotatable bonds is 7. The lowest BCUT2D eigenvalue weighted by molar-refractivity contribution is -0.388. The summed E-state index contributed by atoms with van der Waals surface area (Å²) in [6.45, 7) is 2.14. The van der Waals surface area contributed by atoms with Gasteiger partial charge in [0.25, 0.3) is 5.91 Å². The Morgan fingerprint density at radius 2 is 1.47 bits per heavy atom. The molecule has 0 aromatic carbocycles. The molecule has 0 atom stereocenters. The predicted octanol–water partition coefficient (Wildman–Crippen LogP) is 4.34. The first kappa shape index (κ1) is 27.5. The van der Waals surface area contributed by atoms with Crippen molar-refractivity contribution in [2.75, 3.05) is 26.0 Å². The summed E-state index contributed by atoms with van der Waals surface area (Å²) >= 11 is 0.133. The molecule has 1 aromatic rings. The number of carbonyl (C=O) groups is 3. The van der Waals surface area contributed by atoms with E-state index >= 15 is 0 Å². The molecule has 2 amide bonds. The molecule has 0 aliphatic carbocycles. The van der Waals surface area contributed by atoms with E-state index in [1.165, 1.54) is 21.0 Å². The van der Waals surface area contributed by atoms with E-state index < -0.39 is 52.3 Å². The van der Waals surface area contributed by atoms with Gasteiger partial charge in [-0.05, 0) is 19.4 Å². The molecule has 32 heavy (non-hydrogen) atoms. The zero-order valence-corrected chi connectivity index (χ0v) is 17.4. The molecule has 1 aromatic heterocycles. The molecular formula is C16H15F9N2O4S. The van der Waals surface area contributed by atoms with Crippen molar-refractivity contribution in [1.29, 1.82) is 0 Å². The molecule has 0 aliphatic rings. The van der Waals surface area contributed by atoms with E-state index in [1.807, 2.05) is 0 Å². The summed E-state index contributed by atoms with van der Waals surface area (Å²) in [4.78, 5) is 36.6. The Balaban J connectivity index is 3.53. The van der Waals surface area contributed by atoms with E-state index in [9.17, 15) is 53.9 Å². The van der Waals surface area contributed by atoms with Crippen molar-refractivity contribution in [2.45, 2.75) is 37.8 Å². The minimum atomic E-state index is -7.28. The maximum atomic E-state index is 13.9. The molecular weight excluding hydrogens is 487 g/mol. The fourth-order valence-corrected chi connectivity index (χ4v) is 3.37. The van der Waals surface area contributed by atoms with Crippen molar-refractivity contribution in [3.8, 4) is 0 Å². The highest BCUT2D eigenvalue weighted by Crippen LogP contribution is 2.53. The molecule has 0 spiro atoms. The van der Waals surface area contributed by atoms with Crippen LogP contribution in [-0.2, 0) is 9.53 Å². The summed E-state index contributed by atoms with van der Waals surface area (Å²) in [7, 11) is 2.50. The van der Waals surface area contributed by atoms with E-state index in [0.717, 1.165) is 17.1 Å². The standard InChI is InChI=1S/C16H15F9N2O4S/c1-5-31-11(29)7-6(2)8(10(28)27(3)4)32-9(7)26-12(30)13(17,18)14(19,20)15(21,22)16(23,24)25/h5H2,1-4H3,(H,26,30). The van der Waals surface area contributed by atoms with Gasteiger partial charge in [-0.15, -0.1) is 11.3 Å². The molecule has 0 saturated heterocycles. The minimum Gasteiger partial charge on any atom is -0.462 e. The summed E-state index contributed by atoms with van der Waals surface area (Å²) in [5.74, 6) is -26.4. The van der Waals surface area contributed by atoms with Crippen LogP contribution >= 0.6 is 11.3 Å². The zero-order chi connectivity index (χ0) is 25.4. The van der Waals surface area contributed by atoms with Crippen molar-refractivity contribution in [1.82, 2.24) is 4.90 Å². The van der Waals surface area contributed by atoms with Crippen LogP contribution in [0.5, 0.6) is 0 Å². The molecule has 0 radical (unpaired) electrons. The number of thiophene rings is 1. The third-order valence-electron chi connectivity index (χ3n) is 3.88. The Kier molecular flexibility index (Phi) is 7.55. The van der Waals surface area contributed by atoms with Crippen LogP contribution < -0.4 is 5.32 Å². The van der Waals surface area contributed by atoms with E-state index in [2.05, 4.69) is 4.74 Å². The van der Waals surface area contributed by atoms with Gasteiger partial charge in [0.15, 0.2) is 0 Å². The second kappa shape index (κ2) is 8.78. The van der Waals surface area contributed by atoms with Gasteiger partial charge in [-0.1, -0.05) is 0 Å². The Labute approximate surface area is 178 Å². The maximum absolute atomic E-state index is 13.9. The lowest BCUT2D eigenvalue weighted by Crippen LogP contribution is -2.64.